The van der Waals surface area contributed by atoms with Crippen molar-refractivity contribution in [1.29, 1.82) is 0 Å². The van der Waals surface area contributed by atoms with E-state index in [-0.39, 0.29) is 18.1 Å². The molecule has 0 spiro atoms. The first-order valence-electron chi connectivity index (χ1n) is 15.7. The Morgan fingerprint density at radius 3 is 2.16 bits per heavy atom. The van der Waals surface area contributed by atoms with Gasteiger partial charge in [0.25, 0.3) is 0 Å². The van der Waals surface area contributed by atoms with E-state index in [2.05, 4.69) is 76.2 Å². The second kappa shape index (κ2) is 13.2. The molecule has 1 fully saturated rings. The highest BCUT2D eigenvalue weighted by Crippen LogP contribution is 2.43. The highest BCUT2D eigenvalue weighted by Gasteiger charge is 2.39. The molecule has 6 rings (SSSR count). The second-order valence-corrected chi connectivity index (χ2v) is 12.0. The van der Waals surface area contributed by atoms with Crippen LogP contribution in [0.3, 0.4) is 0 Å². The molecule has 234 valence electrons. The van der Waals surface area contributed by atoms with Gasteiger partial charge in [-0.1, -0.05) is 66.7 Å². The number of carbonyl (C=O) groups excluding carboxylic acids is 2. The Kier molecular flexibility index (Phi) is 8.94. The summed E-state index contributed by atoms with van der Waals surface area (Å²) in [6.45, 7) is 7.24. The molecule has 3 aromatic carbocycles. The summed E-state index contributed by atoms with van der Waals surface area (Å²) in [5, 5.41) is 6.38. The fourth-order valence-electron chi connectivity index (χ4n) is 7.12. The molecule has 2 N–H and O–H groups in total. The van der Waals surface area contributed by atoms with E-state index < -0.39 is 11.9 Å². The van der Waals surface area contributed by atoms with Gasteiger partial charge in [-0.05, 0) is 81.6 Å². The van der Waals surface area contributed by atoms with E-state index in [0.29, 0.717) is 40.6 Å². The van der Waals surface area contributed by atoms with E-state index in [4.69, 9.17) is 14.2 Å². The summed E-state index contributed by atoms with van der Waals surface area (Å²) in [6.07, 6.45) is 2.91. The molecule has 1 saturated heterocycles. The molecule has 3 aliphatic heterocycles. The zero-order valence-electron chi connectivity index (χ0n) is 26.2. The van der Waals surface area contributed by atoms with Crippen LogP contribution in [0.2, 0.25) is 0 Å². The third-order valence-electron chi connectivity index (χ3n) is 9.44. The largest absolute Gasteiger partial charge is 0.466 e. The monoisotopic (exact) mass is 607 g/mol. The summed E-state index contributed by atoms with van der Waals surface area (Å²) in [7, 11) is 1.36. The minimum Gasteiger partial charge on any atom is -0.466 e. The first kappa shape index (κ1) is 30.5. The van der Waals surface area contributed by atoms with Gasteiger partial charge in [0.1, 0.15) is 0 Å². The van der Waals surface area contributed by atoms with E-state index in [1.165, 1.54) is 18.2 Å². The lowest BCUT2D eigenvalue weighted by Gasteiger charge is -2.43. The Morgan fingerprint density at radius 2 is 1.51 bits per heavy atom. The number of nitrogens with zero attached hydrogens (tertiary/aromatic N) is 1. The molecular weight excluding hydrogens is 566 g/mol. The van der Waals surface area contributed by atoms with Crippen LogP contribution in [0.1, 0.15) is 55.7 Å². The number of piperidine rings is 1. The van der Waals surface area contributed by atoms with Gasteiger partial charge in [0.05, 0.1) is 18.6 Å². The van der Waals surface area contributed by atoms with Crippen LogP contribution in [0, 0.1) is 0 Å². The standard InChI is InChI=1S/C37H41N3O5/c1-25-32(34(33(26(2)39-25)36(42)43-3)27-15-16-30-31(23-27)45-24-44-30)35(41)38-19-10-20-40-21-17-37(18-22-40,28-11-6-4-7-12-28)29-13-8-5-9-14-29/h4-9,11-16,23,34,39H,10,17-22,24H2,1-3H3,(H,38,41). The Morgan fingerprint density at radius 1 is 0.889 bits per heavy atom. The Balaban J connectivity index is 1.11. The van der Waals surface area contributed by atoms with Crippen molar-refractivity contribution in [1.82, 2.24) is 15.5 Å². The minimum atomic E-state index is -0.612. The van der Waals surface area contributed by atoms with Crippen molar-refractivity contribution in [3.8, 4) is 11.5 Å². The molecule has 3 heterocycles. The van der Waals surface area contributed by atoms with Gasteiger partial charge in [-0.15, -0.1) is 0 Å². The van der Waals surface area contributed by atoms with Gasteiger partial charge in [-0.3, -0.25) is 4.79 Å². The van der Waals surface area contributed by atoms with Gasteiger partial charge in [0, 0.05) is 28.9 Å². The number of esters is 1. The number of allylic oxidation sites excluding steroid dienone is 2. The predicted octanol–water partition coefficient (Wildman–Crippen LogP) is 5.41. The topological polar surface area (TPSA) is 89.1 Å². The minimum absolute atomic E-state index is 0.0119. The van der Waals surface area contributed by atoms with Gasteiger partial charge in [0.15, 0.2) is 11.5 Å². The number of amides is 1. The van der Waals surface area contributed by atoms with Crippen LogP contribution in [0.15, 0.2) is 101 Å². The third kappa shape index (κ3) is 6.07. The number of hydrogen-bond acceptors (Lipinski definition) is 7. The van der Waals surface area contributed by atoms with E-state index in [9.17, 15) is 9.59 Å². The lowest BCUT2D eigenvalue weighted by Crippen LogP contribution is -2.44. The van der Waals surface area contributed by atoms with Crippen LogP contribution in [-0.2, 0) is 19.7 Å². The normalized spacial score (nSPS) is 19.2. The second-order valence-electron chi connectivity index (χ2n) is 12.0. The van der Waals surface area contributed by atoms with E-state index >= 15 is 0 Å². The van der Waals surface area contributed by atoms with Gasteiger partial charge >= 0.3 is 5.97 Å². The van der Waals surface area contributed by atoms with E-state index in [1.54, 1.807) is 0 Å². The summed E-state index contributed by atoms with van der Waals surface area (Å²) in [6, 6.07) is 27.3. The van der Waals surface area contributed by atoms with Crippen molar-refractivity contribution in [3.05, 3.63) is 118 Å². The quantitative estimate of drug-likeness (QED) is 0.248. The molecule has 45 heavy (non-hydrogen) atoms. The molecule has 1 atom stereocenters. The van der Waals surface area contributed by atoms with Gasteiger partial charge in [-0.25, -0.2) is 4.79 Å². The number of ether oxygens (including phenoxy) is 3. The fraction of sp³-hybridized carbons (Fsp3) is 0.351. The van der Waals surface area contributed by atoms with Gasteiger partial charge in [-0.2, -0.15) is 0 Å². The van der Waals surface area contributed by atoms with Crippen LogP contribution < -0.4 is 20.1 Å². The Labute approximate surface area is 265 Å². The maximum atomic E-state index is 13.8. The van der Waals surface area contributed by atoms with Crippen LogP contribution in [0.4, 0.5) is 0 Å². The average molecular weight is 608 g/mol. The first-order chi connectivity index (χ1) is 21.9. The van der Waals surface area contributed by atoms with Crippen molar-refractivity contribution in [3.63, 3.8) is 0 Å². The number of methoxy groups -OCH3 is 1. The number of likely N-dealkylation sites (tertiary alicyclic amines) is 1. The first-order valence-corrected chi connectivity index (χ1v) is 15.7. The summed E-state index contributed by atoms with van der Waals surface area (Å²) < 4.78 is 16.3. The van der Waals surface area contributed by atoms with Crippen molar-refractivity contribution in [2.24, 2.45) is 0 Å². The molecule has 8 heteroatoms. The SMILES string of the molecule is COC(=O)C1=C(C)NC(C)=C(C(=O)NCCCN2CCC(c3ccccc3)(c3ccccc3)CC2)C1c1ccc2c(c1)OCO2. The van der Waals surface area contributed by atoms with E-state index in [0.717, 1.165) is 44.5 Å². The van der Waals surface area contributed by atoms with Crippen LogP contribution in [0.5, 0.6) is 11.5 Å². The van der Waals surface area contributed by atoms with Gasteiger partial charge < -0.3 is 29.7 Å². The summed E-state index contributed by atoms with van der Waals surface area (Å²) in [4.78, 5) is 29.3. The molecular formula is C37H41N3O5. The molecule has 1 unspecified atom stereocenters. The smallest absolute Gasteiger partial charge is 0.336 e. The molecule has 0 aliphatic carbocycles. The number of hydrogen-bond donors (Lipinski definition) is 2. The van der Waals surface area contributed by atoms with Crippen molar-refractivity contribution in [2.75, 3.05) is 40.1 Å². The number of carbonyl (C=O) groups is 2. The predicted molar refractivity (Wildman–Crippen MR) is 173 cm³/mol. The summed E-state index contributed by atoms with van der Waals surface area (Å²) >= 11 is 0. The molecule has 0 bridgehead atoms. The van der Waals surface area contributed by atoms with Crippen LogP contribution >= 0.6 is 0 Å². The molecule has 0 radical (unpaired) electrons. The van der Waals surface area contributed by atoms with Crippen LogP contribution in [0.25, 0.3) is 0 Å². The molecule has 3 aromatic rings. The third-order valence-corrected chi connectivity index (χ3v) is 9.44. The number of fused-ring (bicyclic) bond motifs is 1. The fourth-order valence-corrected chi connectivity index (χ4v) is 7.12. The maximum absolute atomic E-state index is 13.8. The number of rotatable bonds is 9. The lowest BCUT2D eigenvalue weighted by atomic mass is 9.68. The summed E-state index contributed by atoms with van der Waals surface area (Å²) in [5.41, 5.74) is 5.78. The molecule has 1 amide bonds. The lowest BCUT2D eigenvalue weighted by molar-refractivity contribution is -0.136. The number of dihydropyridines is 1. The summed E-state index contributed by atoms with van der Waals surface area (Å²) in [5.74, 6) is -0.0630. The van der Waals surface area contributed by atoms with E-state index in [1.807, 2.05) is 32.0 Å². The highest BCUT2D eigenvalue weighted by molar-refractivity contribution is 6.02. The highest BCUT2D eigenvalue weighted by atomic mass is 16.7. The zero-order valence-corrected chi connectivity index (χ0v) is 26.2. The van der Waals surface area contributed by atoms with Crippen molar-refractivity contribution < 1.29 is 23.8 Å². The molecule has 8 nitrogen and oxygen atoms in total. The Hall–Kier alpha value is -4.56. The molecule has 0 aromatic heterocycles. The number of nitrogens with one attached hydrogen (secondary N) is 2. The Bertz CT molecular complexity index is 1570. The van der Waals surface area contributed by atoms with Crippen molar-refractivity contribution >= 4 is 11.9 Å². The number of benzene rings is 3. The molecule has 0 saturated carbocycles. The maximum Gasteiger partial charge on any atom is 0.336 e. The molecule has 3 aliphatic rings. The van der Waals surface area contributed by atoms with Crippen molar-refractivity contribution in [2.45, 2.75) is 44.4 Å². The zero-order chi connectivity index (χ0) is 31.4. The van der Waals surface area contributed by atoms with Gasteiger partial charge in [0.2, 0.25) is 12.7 Å². The van der Waals surface area contributed by atoms with Crippen LogP contribution in [-0.4, -0.2) is 56.9 Å². The average Bonchev–Trinajstić information content (AvgIpc) is 3.55.